The largest absolute Gasteiger partial charge is 0.495 e. The monoisotopic (exact) mass is 260 g/mol. The molecule has 98 valence electrons. The van der Waals surface area contributed by atoms with Crippen LogP contribution in [0.1, 0.15) is 0 Å². The quantitative estimate of drug-likeness (QED) is 0.641. The Morgan fingerprint density at radius 3 is 1.40 bits per heavy atom. The average Bonchev–Trinajstić information content (AvgIpc) is 2.55. The third-order valence-corrected chi connectivity index (χ3v) is 3.39. The molecule has 1 nitrogen and oxygen atoms in total. The molecule has 0 fully saturated rings. The predicted octanol–water partition coefficient (Wildman–Crippen LogP) is 5.03. The molecule has 0 bridgehead atoms. The normalized spacial score (nSPS) is 10.2. The zero-order valence-corrected chi connectivity index (χ0v) is 11.4. The maximum Gasteiger partial charge on any atom is 0.134 e. The highest BCUT2D eigenvalue weighted by Crippen LogP contribution is 2.38. The second kappa shape index (κ2) is 5.62. The van der Waals surface area contributed by atoms with E-state index >= 15 is 0 Å². The zero-order valence-electron chi connectivity index (χ0n) is 11.4. The van der Waals surface area contributed by atoms with E-state index < -0.39 is 0 Å². The van der Waals surface area contributed by atoms with Crippen LogP contribution in [-0.4, -0.2) is 7.11 Å². The number of hydrogen-bond acceptors (Lipinski definition) is 1. The van der Waals surface area contributed by atoms with Gasteiger partial charge in [0.2, 0.25) is 0 Å². The molecule has 3 aromatic rings. The van der Waals surface area contributed by atoms with Crippen molar-refractivity contribution < 1.29 is 4.74 Å². The van der Waals surface area contributed by atoms with E-state index in [1.807, 2.05) is 36.4 Å². The standard InChI is InChI=1S/C19H16O/c1-20-19-17(15-9-4-2-5-10-15)13-8-14-18(19)16-11-6-3-7-12-16/h2-14H,1H3. The topological polar surface area (TPSA) is 9.23 Å². The van der Waals surface area contributed by atoms with Gasteiger partial charge in [-0.2, -0.15) is 0 Å². The molecule has 3 rings (SSSR count). The van der Waals surface area contributed by atoms with Crippen LogP contribution >= 0.6 is 0 Å². The number of rotatable bonds is 3. The summed E-state index contributed by atoms with van der Waals surface area (Å²) in [7, 11) is 1.73. The van der Waals surface area contributed by atoms with E-state index in [1.165, 1.54) is 11.1 Å². The zero-order chi connectivity index (χ0) is 13.8. The number of ether oxygens (including phenoxy) is 1. The van der Waals surface area contributed by atoms with E-state index in [0.717, 1.165) is 16.9 Å². The highest BCUT2D eigenvalue weighted by atomic mass is 16.5. The van der Waals surface area contributed by atoms with Gasteiger partial charge in [0, 0.05) is 11.1 Å². The van der Waals surface area contributed by atoms with E-state index in [0.29, 0.717) is 0 Å². The molecule has 0 atom stereocenters. The van der Waals surface area contributed by atoms with Gasteiger partial charge in [-0.05, 0) is 11.1 Å². The summed E-state index contributed by atoms with van der Waals surface area (Å²) in [5, 5.41) is 0. The lowest BCUT2D eigenvalue weighted by Gasteiger charge is -2.14. The molecular formula is C19H16O. The Hall–Kier alpha value is -2.54. The minimum absolute atomic E-state index is 0.921. The average molecular weight is 260 g/mol. The molecule has 0 aliphatic heterocycles. The summed E-state index contributed by atoms with van der Waals surface area (Å²) in [5.41, 5.74) is 4.58. The molecule has 0 aliphatic carbocycles. The predicted molar refractivity (Wildman–Crippen MR) is 83.9 cm³/mol. The highest BCUT2D eigenvalue weighted by molar-refractivity contribution is 5.82. The lowest BCUT2D eigenvalue weighted by Crippen LogP contribution is -1.91. The van der Waals surface area contributed by atoms with E-state index in [-0.39, 0.29) is 0 Å². The van der Waals surface area contributed by atoms with Crippen LogP contribution in [-0.2, 0) is 0 Å². The summed E-state index contributed by atoms with van der Waals surface area (Å²) < 4.78 is 5.69. The maximum absolute atomic E-state index is 5.69. The molecule has 20 heavy (non-hydrogen) atoms. The third-order valence-electron chi connectivity index (χ3n) is 3.39. The smallest absolute Gasteiger partial charge is 0.134 e. The summed E-state index contributed by atoms with van der Waals surface area (Å²) in [6, 6.07) is 26.9. The molecule has 0 saturated carbocycles. The molecule has 0 N–H and O–H groups in total. The summed E-state index contributed by atoms with van der Waals surface area (Å²) >= 11 is 0. The Kier molecular flexibility index (Phi) is 3.51. The molecule has 0 spiro atoms. The van der Waals surface area contributed by atoms with E-state index in [4.69, 9.17) is 4.74 Å². The first kappa shape index (κ1) is 12.5. The lowest BCUT2D eigenvalue weighted by atomic mass is 9.97. The second-order valence-corrected chi connectivity index (χ2v) is 4.62. The van der Waals surface area contributed by atoms with Gasteiger partial charge in [0.15, 0.2) is 0 Å². The van der Waals surface area contributed by atoms with Crippen molar-refractivity contribution >= 4 is 0 Å². The first-order valence-electron chi connectivity index (χ1n) is 6.68. The van der Waals surface area contributed by atoms with E-state index in [9.17, 15) is 0 Å². The van der Waals surface area contributed by atoms with Crippen LogP contribution in [0.2, 0.25) is 0 Å². The van der Waals surface area contributed by atoms with Crippen molar-refractivity contribution in [3.63, 3.8) is 0 Å². The van der Waals surface area contributed by atoms with Gasteiger partial charge in [0.1, 0.15) is 5.75 Å². The minimum Gasteiger partial charge on any atom is -0.495 e. The van der Waals surface area contributed by atoms with Crippen LogP contribution in [0.3, 0.4) is 0 Å². The molecule has 0 saturated heterocycles. The SMILES string of the molecule is COc1c(-c2ccccc2)cccc1-c1ccccc1. The van der Waals surface area contributed by atoms with Crippen molar-refractivity contribution in [2.75, 3.05) is 7.11 Å². The minimum atomic E-state index is 0.921. The number of hydrogen-bond donors (Lipinski definition) is 0. The van der Waals surface area contributed by atoms with Gasteiger partial charge < -0.3 is 4.74 Å². The van der Waals surface area contributed by atoms with Crippen molar-refractivity contribution in [3.8, 4) is 28.0 Å². The van der Waals surface area contributed by atoms with Crippen LogP contribution in [0.25, 0.3) is 22.3 Å². The Bertz CT molecular complexity index is 630. The Balaban J connectivity index is 2.19. The second-order valence-electron chi connectivity index (χ2n) is 4.62. The van der Waals surface area contributed by atoms with Crippen molar-refractivity contribution in [2.45, 2.75) is 0 Å². The fraction of sp³-hybridized carbons (Fsp3) is 0.0526. The fourth-order valence-corrected chi connectivity index (χ4v) is 2.45. The number of benzene rings is 3. The summed E-state index contributed by atoms with van der Waals surface area (Å²) in [6.07, 6.45) is 0. The Morgan fingerprint density at radius 1 is 0.550 bits per heavy atom. The molecule has 0 unspecified atom stereocenters. The van der Waals surface area contributed by atoms with Gasteiger partial charge >= 0.3 is 0 Å². The molecule has 0 radical (unpaired) electrons. The third kappa shape index (κ3) is 2.30. The van der Waals surface area contributed by atoms with Crippen molar-refractivity contribution in [1.82, 2.24) is 0 Å². The van der Waals surface area contributed by atoms with Crippen LogP contribution in [0.4, 0.5) is 0 Å². The lowest BCUT2D eigenvalue weighted by molar-refractivity contribution is 0.418. The summed E-state index contributed by atoms with van der Waals surface area (Å²) in [6.45, 7) is 0. The van der Waals surface area contributed by atoms with Gasteiger partial charge in [0.05, 0.1) is 7.11 Å². The van der Waals surface area contributed by atoms with Gasteiger partial charge in [-0.15, -0.1) is 0 Å². The molecular weight excluding hydrogens is 244 g/mol. The van der Waals surface area contributed by atoms with Crippen molar-refractivity contribution in [3.05, 3.63) is 78.9 Å². The van der Waals surface area contributed by atoms with Crippen LogP contribution in [0.5, 0.6) is 5.75 Å². The van der Waals surface area contributed by atoms with Crippen LogP contribution < -0.4 is 4.74 Å². The van der Waals surface area contributed by atoms with Gasteiger partial charge in [-0.25, -0.2) is 0 Å². The maximum atomic E-state index is 5.69. The Morgan fingerprint density at radius 2 is 1.00 bits per heavy atom. The number of methoxy groups -OCH3 is 1. The van der Waals surface area contributed by atoms with Gasteiger partial charge in [0.25, 0.3) is 0 Å². The van der Waals surface area contributed by atoms with Gasteiger partial charge in [-0.1, -0.05) is 78.9 Å². The van der Waals surface area contributed by atoms with Crippen molar-refractivity contribution in [2.24, 2.45) is 0 Å². The number of para-hydroxylation sites is 1. The molecule has 0 aromatic heterocycles. The highest BCUT2D eigenvalue weighted by Gasteiger charge is 2.11. The molecule has 1 heteroatoms. The summed E-state index contributed by atoms with van der Waals surface area (Å²) in [5.74, 6) is 0.921. The fourth-order valence-electron chi connectivity index (χ4n) is 2.45. The first-order valence-corrected chi connectivity index (χ1v) is 6.68. The molecule has 0 heterocycles. The molecule has 0 amide bonds. The molecule has 3 aromatic carbocycles. The van der Waals surface area contributed by atoms with Crippen LogP contribution in [0, 0.1) is 0 Å². The first-order chi connectivity index (χ1) is 9.90. The Labute approximate surface area is 119 Å². The summed E-state index contributed by atoms with van der Waals surface area (Å²) in [4.78, 5) is 0. The van der Waals surface area contributed by atoms with Crippen LogP contribution in [0.15, 0.2) is 78.9 Å². The molecule has 0 aliphatic rings. The van der Waals surface area contributed by atoms with Crippen molar-refractivity contribution in [1.29, 1.82) is 0 Å². The van der Waals surface area contributed by atoms with E-state index in [2.05, 4.69) is 42.5 Å². The van der Waals surface area contributed by atoms with Gasteiger partial charge in [-0.3, -0.25) is 0 Å². The van der Waals surface area contributed by atoms with E-state index in [1.54, 1.807) is 7.11 Å².